The molecule has 1 N–H and O–H groups in total. The highest BCUT2D eigenvalue weighted by Crippen LogP contribution is 2.29. The molecule has 7 heteroatoms. The van der Waals surface area contributed by atoms with Gasteiger partial charge in [-0.2, -0.15) is 5.10 Å². The molecule has 19 heavy (non-hydrogen) atoms. The van der Waals surface area contributed by atoms with Gasteiger partial charge in [0.1, 0.15) is 5.69 Å². The lowest BCUT2D eigenvalue weighted by Gasteiger charge is -2.16. The minimum atomic E-state index is -0.361. The van der Waals surface area contributed by atoms with E-state index in [1.54, 1.807) is 18.8 Å². The fourth-order valence-corrected chi connectivity index (χ4v) is 1.98. The van der Waals surface area contributed by atoms with Gasteiger partial charge in [-0.05, 0) is 12.8 Å². The summed E-state index contributed by atoms with van der Waals surface area (Å²) in [5.41, 5.74) is 0.615. The van der Waals surface area contributed by atoms with Crippen molar-refractivity contribution in [3.05, 3.63) is 15.8 Å². The average Bonchev–Trinajstić information content (AvgIpc) is 2.65. The normalized spacial score (nSPS) is 12.4. The molecule has 0 aromatic carbocycles. The Labute approximate surface area is 113 Å². The highest BCUT2D eigenvalue weighted by molar-refractivity contribution is 5.60. The third-order valence-corrected chi connectivity index (χ3v) is 2.96. The second-order valence-electron chi connectivity index (χ2n) is 4.48. The Balaban J connectivity index is 3.07. The van der Waals surface area contributed by atoms with E-state index in [1.807, 2.05) is 13.8 Å². The molecule has 0 saturated carbocycles. The Bertz CT molecular complexity index is 431. The molecule has 0 spiro atoms. The summed E-state index contributed by atoms with van der Waals surface area (Å²) in [5, 5.41) is 18.6. The van der Waals surface area contributed by atoms with Crippen LogP contribution in [0.25, 0.3) is 0 Å². The highest BCUT2D eigenvalue weighted by atomic mass is 16.6. The summed E-state index contributed by atoms with van der Waals surface area (Å²) in [5.74, 6) is 0.456. The van der Waals surface area contributed by atoms with Crippen LogP contribution in [0.1, 0.15) is 32.4 Å². The van der Waals surface area contributed by atoms with Gasteiger partial charge in [-0.15, -0.1) is 0 Å². The van der Waals surface area contributed by atoms with Crippen LogP contribution in [-0.4, -0.2) is 34.5 Å². The molecule has 1 aromatic rings. The Morgan fingerprint density at radius 3 is 2.68 bits per heavy atom. The Morgan fingerprint density at radius 2 is 2.21 bits per heavy atom. The molecule has 0 aliphatic rings. The molecule has 0 radical (unpaired) electrons. The first-order valence-electron chi connectivity index (χ1n) is 6.50. The molecule has 108 valence electrons. The first-order valence-corrected chi connectivity index (χ1v) is 6.50. The quantitative estimate of drug-likeness (QED) is 0.578. The second kappa shape index (κ2) is 7.08. The summed E-state index contributed by atoms with van der Waals surface area (Å²) >= 11 is 0. The molecular formula is C12H22N4O3. The largest absolute Gasteiger partial charge is 0.383 e. The third-order valence-electron chi connectivity index (χ3n) is 2.96. The number of aromatic nitrogens is 2. The van der Waals surface area contributed by atoms with Crippen molar-refractivity contribution < 1.29 is 9.66 Å². The first kappa shape index (κ1) is 15.4. The zero-order chi connectivity index (χ0) is 14.4. The Kier molecular flexibility index (Phi) is 5.75. The lowest BCUT2D eigenvalue weighted by molar-refractivity contribution is -0.384. The van der Waals surface area contributed by atoms with Gasteiger partial charge in [-0.25, -0.2) is 4.68 Å². The minimum Gasteiger partial charge on any atom is -0.383 e. The summed E-state index contributed by atoms with van der Waals surface area (Å²) < 4.78 is 6.64. The number of hydrogen-bond donors (Lipinski definition) is 1. The average molecular weight is 270 g/mol. The molecule has 0 amide bonds. The Morgan fingerprint density at radius 1 is 1.53 bits per heavy atom. The fraction of sp³-hybridized carbons (Fsp3) is 0.750. The smallest absolute Gasteiger partial charge is 0.334 e. The van der Waals surface area contributed by atoms with Crippen LogP contribution in [0, 0.1) is 10.1 Å². The van der Waals surface area contributed by atoms with Gasteiger partial charge < -0.3 is 10.1 Å². The van der Waals surface area contributed by atoms with Gasteiger partial charge in [0.25, 0.3) is 0 Å². The van der Waals surface area contributed by atoms with E-state index >= 15 is 0 Å². The van der Waals surface area contributed by atoms with Crippen molar-refractivity contribution >= 4 is 11.5 Å². The van der Waals surface area contributed by atoms with Crippen molar-refractivity contribution in [1.82, 2.24) is 9.78 Å². The lowest BCUT2D eigenvalue weighted by atomic mass is 10.2. The molecule has 1 aromatic heterocycles. The van der Waals surface area contributed by atoms with Crippen molar-refractivity contribution in [2.24, 2.45) is 7.05 Å². The monoisotopic (exact) mass is 270 g/mol. The van der Waals surface area contributed by atoms with E-state index in [9.17, 15) is 10.1 Å². The molecule has 1 atom stereocenters. The number of hydrogen-bond acceptors (Lipinski definition) is 5. The van der Waals surface area contributed by atoms with Crippen molar-refractivity contribution in [3.8, 4) is 0 Å². The molecule has 0 saturated heterocycles. The van der Waals surface area contributed by atoms with Crippen molar-refractivity contribution in [2.45, 2.75) is 39.2 Å². The standard InChI is InChI=1S/C12H22N4O3/c1-5-7-10-11(16(17)18)12(15(3)14-10)13-9(6-2)8-19-4/h9,13H,5-8H2,1-4H3. The predicted molar refractivity (Wildman–Crippen MR) is 73.4 cm³/mol. The van der Waals surface area contributed by atoms with Crippen molar-refractivity contribution in [1.29, 1.82) is 0 Å². The van der Waals surface area contributed by atoms with E-state index in [0.717, 1.165) is 12.8 Å². The van der Waals surface area contributed by atoms with Gasteiger partial charge in [-0.3, -0.25) is 10.1 Å². The maximum atomic E-state index is 11.2. The van der Waals surface area contributed by atoms with Crippen LogP contribution in [0.2, 0.25) is 0 Å². The SMILES string of the molecule is CCCc1nn(C)c(NC(CC)COC)c1[N+](=O)[O-]. The lowest BCUT2D eigenvalue weighted by Crippen LogP contribution is -2.25. The molecule has 1 unspecified atom stereocenters. The number of nitrogens with one attached hydrogen (secondary N) is 1. The third kappa shape index (κ3) is 3.66. The summed E-state index contributed by atoms with van der Waals surface area (Å²) in [4.78, 5) is 10.9. The number of nitrogens with zero attached hydrogens (tertiary/aromatic N) is 3. The van der Waals surface area contributed by atoms with E-state index in [-0.39, 0.29) is 16.7 Å². The minimum absolute atomic E-state index is 0.0357. The molecule has 0 aliphatic carbocycles. The van der Waals surface area contributed by atoms with Gasteiger partial charge in [0, 0.05) is 14.2 Å². The fourth-order valence-electron chi connectivity index (χ4n) is 1.98. The summed E-state index contributed by atoms with van der Waals surface area (Å²) in [6.07, 6.45) is 2.25. The summed E-state index contributed by atoms with van der Waals surface area (Å²) in [6.45, 7) is 4.49. The zero-order valence-electron chi connectivity index (χ0n) is 12.0. The van der Waals surface area contributed by atoms with E-state index in [2.05, 4.69) is 10.4 Å². The maximum Gasteiger partial charge on any atom is 0.334 e. The van der Waals surface area contributed by atoms with E-state index < -0.39 is 0 Å². The molecular weight excluding hydrogens is 248 g/mol. The second-order valence-corrected chi connectivity index (χ2v) is 4.48. The highest BCUT2D eigenvalue weighted by Gasteiger charge is 2.27. The predicted octanol–water partition coefficient (Wildman–Crippen LogP) is 2.12. The van der Waals surface area contributed by atoms with Crippen molar-refractivity contribution in [2.75, 3.05) is 19.0 Å². The summed E-state index contributed by atoms with van der Waals surface area (Å²) in [7, 11) is 3.33. The zero-order valence-corrected chi connectivity index (χ0v) is 12.0. The van der Waals surface area contributed by atoms with E-state index in [4.69, 9.17) is 4.74 Å². The molecule has 1 rings (SSSR count). The van der Waals surface area contributed by atoms with Gasteiger partial charge in [0.05, 0.1) is 17.6 Å². The van der Waals surface area contributed by atoms with Crippen LogP contribution in [0.4, 0.5) is 11.5 Å². The van der Waals surface area contributed by atoms with Gasteiger partial charge in [-0.1, -0.05) is 20.3 Å². The number of anilines is 1. The first-order chi connectivity index (χ1) is 9.04. The van der Waals surface area contributed by atoms with Crippen LogP contribution in [0.15, 0.2) is 0 Å². The number of rotatable bonds is 8. The number of methoxy groups -OCH3 is 1. The molecule has 0 aliphatic heterocycles. The maximum absolute atomic E-state index is 11.2. The molecule has 7 nitrogen and oxygen atoms in total. The molecule has 0 bridgehead atoms. The van der Waals surface area contributed by atoms with Crippen molar-refractivity contribution in [3.63, 3.8) is 0 Å². The van der Waals surface area contributed by atoms with Crippen LogP contribution < -0.4 is 5.32 Å². The van der Waals surface area contributed by atoms with Gasteiger partial charge in [0.15, 0.2) is 0 Å². The van der Waals surface area contributed by atoms with Crippen LogP contribution in [-0.2, 0) is 18.2 Å². The Hall–Kier alpha value is -1.63. The van der Waals surface area contributed by atoms with Gasteiger partial charge in [0.2, 0.25) is 5.82 Å². The molecule has 1 heterocycles. The summed E-state index contributed by atoms with van der Waals surface area (Å²) in [6, 6.07) is 0.0357. The number of ether oxygens (including phenoxy) is 1. The molecule has 0 fully saturated rings. The van der Waals surface area contributed by atoms with Crippen LogP contribution >= 0.6 is 0 Å². The number of aryl methyl sites for hydroxylation is 2. The van der Waals surface area contributed by atoms with Crippen LogP contribution in [0.5, 0.6) is 0 Å². The van der Waals surface area contributed by atoms with Gasteiger partial charge >= 0.3 is 5.69 Å². The number of nitro groups is 1. The van der Waals surface area contributed by atoms with E-state index in [0.29, 0.717) is 24.5 Å². The van der Waals surface area contributed by atoms with E-state index in [1.165, 1.54) is 0 Å². The topological polar surface area (TPSA) is 82.2 Å². The van der Waals surface area contributed by atoms with Crippen LogP contribution in [0.3, 0.4) is 0 Å².